The van der Waals surface area contributed by atoms with E-state index in [2.05, 4.69) is 10.4 Å². The molecule has 104 valence electrons. The molecule has 19 heavy (non-hydrogen) atoms. The number of carboxylic acid groups (broad SMARTS) is 1. The van der Waals surface area contributed by atoms with Gasteiger partial charge in [-0.3, -0.25) is 14.3 Å². The maximum atomic E-state index is 12.1. The van der Waals surface area contributed by atoms with Crippen molar-refractivity contribution in [2.45, 2.75) is 39.2 Å². The molecule has 2 unspecified atom stereocenters. The number of hydrogen-bond donors (Lipinski definition) is 2. The Morgan fingerprint density at radius 3 is 2.68 bits per heavy atom. The SMILES string of the molecule is CC(C)n1ccc(NC(=O)C2CCCC2C(=O)O)n1. The van der Waals surface area contributed by atoms with E-state index in [0.29, 0.717) is 18.7 Å². The number of carbonyl (C=O) groups is 2. The van der Waals surface area contributed by atoms with Gasteiger partial charge in [-0.15, -0.1) is 0 Å². The number of carboxylic acids is 1. The van der Waals surface area contributed by atoms with E-state index < -0.39 is 17.8 Å². The van der Waals surface area contributed by atoms with Crippen molar-refractivity contribution in [2.24, 2.45) is 11.8 Å². The number of anilines is 1. The average molecular weight is 265 g/mol. The molecular formula is C13H19N3O3. The van der Waals surface area contributed by atoms with Gasteiger partial charge in [0.15, 0.2) is 5.82 Å². The Morgan fingerprint density at radius 2 is 2.11 bits per heavy atom. The highest BCUT2D eigenvalue weighted by Gasteiger charge is 2.37. The van der Waals surface area contributed by atoms with E-state index >= 15 is 0 Å². The number of carbonyl (C=O) groups excluding carboxylic acids is 1. The molecule has 1 aromatic rings. The minimum absolute atomic E-state index is 0.226. The Kier molecular flexibility index (Phi) is 3.87. The Bertz CT molecular complexity index is 481. The molecule has 0 radical (unpaired) electrons. The predicted octanol–water partition coefficient (Wildman–Crippen LogP) is 1.90. The van der Waals surface area contributed by atoms with E-state index in [0.717, 1.165) is 6.42 Å². The molecule has 0 aliphatic heterocycles. The lowest BCUT2D eigenvalue weighted by Gasteiger charge is -2.14. The molecule has 1 saturated carbocycles. The first-order valence-corrected chi connectivity index (χ1v) is 6.58. The molecule has 6 nitrogen and oxygen atoms in total. The molecule has 1 fully saturated rings. The molecule has 0 aromatic carbocycles. The van der Waals surface area contributed by atoms with Crippen molar-refractivity contribution in [1.29, 1.82) is 0 Å². The van der Waals surface area contributed by atoms with Gasteiger partial charge in [0.05, 0.1) is 11.8 Å². The van der Waals surface area contributed by atoms with Gasteiger partial charge in [0.25, 0.3) is 0 Å². The topological polar surface area (TPSA) is 84.2 Å². The summed E-state index contributed by atoms with van der Waals surface area (Å²) < 4.78 is 1.75. The van der Waals surface area contributed by atoms with Crippen LogP contribution in [-0.2, 0) is 9.59 Å². The second kappa shape index (κ2) is 5.42. The smallest absolute Gasteiger partial charge is 0.307 e. The zero-order chi connectivity index (χ0) is 14.0. The van der Waals surface area contributed by atoms with Crippen LogP contribution in [0.2, 0.25) is 0 Å². The lowest BCUT2D eigenvalue weighted by Crippen LogP contribution is -2.30. The van der Waals surface area contributed by atoms with Crippen LogP contribution in [0.25, 0.3) is 0 Å². The maximum Gasteiger partial charge on any atom is 0.307 e. The third-order valence-corrected chi connectivity index (χ3v) is 3.56. The second-order valence-electron chi connectivity index (χ2n) is 5.25. The van der Waals surface area contributed by atoms with Crippen molar-refractivity contribution in [3.8, 4) is 0 Å². The fourth-order valence-corrected chi connectivity index (χ4v) is 2.48. The minimum atomic E-state index is -0.884. The lowest BCUT2D eigenvalue weighted by molar-refractivity contribution is -0.145. The number of rotatable bonds is 4. The van der Waals surface area contributed by atoms with E-state index in [-0.39, 0.29) is 11.9 Å². The fourth-order valence-electron chi connectivity index (χ4n) is 2.48. The summed E-state index contributed by atoms with van der Waals surface area (Å²) in [7, 11) is 0. The van der Waals surface area contributed by atoms with Crippen LogP contribution in [0.3, 0.4) is 0 Å². The van der Waals surface area contributed by atoms with Gasteiger partial charge < -0.3 is 10.4 Å². The van der Waals surface area contributed by atoms with Crippen LogP contribution in [0.15, 0.2) is 12.3 Å². The van der Waals surface area contributed by atoms with E-state index in [1.807, 2.05) is 13.8 Å². The molecule has 1 amide bonds. The molecule has 2 atom stereocenters. The summed E-state index contributed by atoms with van der Waals surface area (Å²) in [5.41, 5.74) is 0. The van der Waals surface area contributed by atoms with E-state index in [1.165, 1.54) is 0 Å². The van der Waals surface area contributed by atoms with E-state index in [9.17, 15) is 9.59 Å². The third-order valence-electron chi connectivity index (χ3n) is 3.56. The third kappa shape index (κ3) is 2.94. The Balaban J connectivity index is 2.02. The summed E-state index contributed by atoms with van der Waals surface area (Å²) in [6.45, 7) is 3.99. The van der Waals surface area contributed by atoms with Gasteiger partial charge in [0.1, 0.15) is 0 Å². The van der Waals surface area contributed by atoms with Crippen LogP contribution in [0, 0.1) is 11.8 Å². The summed E-state index contributed by atoms with van der Waals surface area (Å²) in [4.78, 5) is 23.1. The first kappa shape index (κ1) is 13.6. The summed E-state index contributed by atoms with van der Waals surface area (Å²) in [5, 5.41) is 16.0. The largest absolute Gasteiger partial charge is 0.481 e. The number of amides is 1. The Hall–Kier alpha value is -1.85. The van der Waals surface area contributed by atoms with Gasteiger partial charge in [-0.2, -0.15) is 5.10 Å². The van der Waals surface area contributed by atoms with Gasteiger partial charge in [0, 0.05) is 18.3 Å². The summed E-state index contributed by atoms with van der Waals surface area (Å²) in [5.74, 6) is -1.65. The Morgan fingerprint density at radius 1 is 1.42 bits per heavy atom. The first-order chi connectivity index (χ1) is 8.99. The van der Waals surface area contributed by atoms with E-state index in [4.69, 9.17) is 5.11 Å². The molecule has 1 aliphatic rings. The number of hydrogen-bond acceptors (Lipinski definition) is 3. The van der Waals surface area contributed by atoms with Crippen LogP contribution in [-0.4, -0.2) is 26.8 Å². The van der Waals surface area contributed by atoms with Crippen molar-refractivity contribution < 1.29 is 14.7 Å². The van der Waals surface area contributed by atoms with Gasteiger partial charge >= 0.3 is 5.97 Å². The molecule has 6 heteroatoms. The normalized spacial score (nSPS) is 22.7. The maximum absolute atomic E-state index is 12.1. The van der Waals surface area contributed by atoms with Crippen LogP contribution in [0.1, 0.15) is 39.2 Å². The fraction of sp³-hybridized carbons (Fsp3) is 0.615. The number of aromatic nitrogens is 2. The molecule has 0 bridgehead atoms. The minimum Gasteiger partial charge on any atom is -0.481 e. The van der Waals surface area contributed by atoms with Crippen molar-refractivity contribution in [2.75, 3.05) is 5.32 Å². The predicted molar refractivity (Wildman–Crippen MR) is 69.7 cm³/mol. The van der Waals surface area contributed by atoms with Crippen LogP contribution < -0.4 is 5.32 Å². The molecule has 2 N–H and O–H groups in total. The summed E-state index contributed by atoms with van der Waals surface area (Å²) in [6, 6.07) is 1.95. The zero-order valence-corrected chi connectivity index (χ0v) is 11.2. The van der Waals surface area contributed by atoms with Gasteiger partial charge in [-0.1, -0.05) is 6.42 Å². The van der Waals surface area contributed by atoms with Crippen molar-refractivity contribution in [3.05, 3.63) is 12.3 Å². The molecule has 1 heterocycles. The average Bonchev–Trinajstić information content (AvgIpc) is 2.96. The Labute approximate surface area is 111 Å². The van der Waals surface area contributed by atoms with Crippen molar-refractivity contribution in [1.82, 2.24) is 9.78 Å². The summed E-state index contributed by atoms with van der Waals surface area (Å²) >= 11 is 0. The first-order valence-electron chi connectivity index (χ1n) is 6.58. The van der Waals surface area contributed by atoms with Gasteiger partial charge in [0.2, 0.25) is 5.91 Å². The number of nitrogens with zero attached hydrogens (tertiary/aromatic N) is 2. The molecule has 1 aliphatic carbocycles. The molecule has 0 spiro atoms. The highest BCUT2D eigenvalue weighted by molar-refractivity contribution is 5.94. The van der Waals surface area contributed by atoms with Crippen LogP contribution in [0.5, 0.6) is 0 Å². The highest BCUT2D eigenvalue weighted by atomic mass is 16.4. The van der Waals surface area contributed by atoms with Crippen LogP contribution >= 0.6 is 0 Å². The molecule has 2 rings (SSSR count). The second-order valence-corrected chi connectivity index (χ2v) is 5.25. The van der Waals surface area contributed by atoms with Crippen LogP contribution in [0.4, 0.5) is 5.82 Å². The van der Waals surface area contributed by atoms with Gasteiger partial charge in [-0.05, 0) is 26.7 Å². The monoisotopic (exact) mass is 265 g/mol. The molecule has 0 saturated heterocycles. The zero-order valence-electron chi connectivity index (χ0n) is 11.2. The standard InChI is InChI=1S/C13H19N3O3/c1-8(2)16-7-6-11(15-16)14-12(17)9-4-3-5-10(9)13(18)19/h6-10H,3-5H2,1-2H3,(H,18,19)(H,14,15,17). The number of aliphatic carboxylic acids is 1. The van der Waals surface area contributed by atoms with Crippen molar-refractivity contribution in [3.63, 3.8) is 0 Å². The molecular weight excluding hydrogens is 246 g/mol. The quantitative estimate of drug-likeness (QED) is 0.870. The molecule has 1 aromatic heterocycles. The summed E-state index contributed by atoms with van der Waals surface area (Å²) in [6.07, 6.45) is 3.79. The van der Waals surface area contributed by atoms with Gasteiger partial charge in [-0.25, -0.2) is 0 Å². The van der Waals surface area contributed by atoms with E-state index in [1.54, 1.807) is 16.9 Å². The number of nitrogens with one attached hydrogen (secondary N) is 1. The highest BCUT2D eigenvalue weighted by Crippen LogP contribution is 2.32. The van der Waals surface area contributed by atoms with Crippen molar-refractivity contribution >= 4 is 17.7 Å². The lowest BCUT2D eigenvalue weighted by atomic mass is 9.95.